The van der Waals surface area contributed by atoms with Gasteiger partial charge in [0.25, 0.3) is 0 Å². The van der Waals surface area contributed by atoms with Crippen molar-refractivity contribution in [3.05, 3.63) is 61.2 Å². The Bertz CT molecular complexity index is 826. The topological polar surface area (TPSA) is 95.9 Å². The predicted molar refractivity (Wildman–Crippen MR) is 132 cm³/mol. The van der Waals surface area contributed by atoms with E-state index in [-0.39, 0.29) is 49.4 Å². The van der Waals surface area contributed by atoms with Crippen LogP contribution in [-0.2, 0) is 25.5 Å². The van der Waals surface area contributed by atoms with Crippen LogP contribution in [-0.4, -0.2) is 59.6 Å². The molecule has 1 aromatic rings. The van der Waals surface area contributed by atoms with E-state index < -0.39 is 12.0 Å². The van der Waals surface area contributed by atoms with Crippen molar-refractivity contribution in [1.29, 1.82) is 0 Å². The maximum atomic E-state index is 12.8. The first-order chi connectivity index (χ1) is 16.4. The number of likely N-dealkylation sites (tertiary alicyclic amines) is 1. The summed E-state index contributed by atoms with van der Waals surface area (Å²) in [6, 6.07) is 9.16. The largest absolute Gasteiger partial charge is 0.463 e. The number of hydrogen-bond donors (Lipinski definition) is 2. The van der Waals surface area contributed by atoms with Crippen molar-refractivity contribution in [3.63, 3.8) is 0 Å². The van der Waals surface area contributed by atoms with Gasteiger partial charge in [0.2, 0.25) is 11.8 Å². The third-order valence-electron chi connectivity index (χ3n) is 6.12. The van der Waals surface area contributed by atoms with Crippen molar-refractivity contribution in [3.8, 4) is 0 Å². The molecule has 0 radical (unpaired) electrons. The Labute approximate surface area is 202 Å². The lowest BCUT2D eigenvalue weighted by atomic mass is 9.96. The van der Waals surface area contributed by atoms with E-state index in [9.17, 15) is 19.5 Å². The minimum absolute atomic E-state index is 0.0421. The maximum absolute atomic E-state index is 12.8. The van der Waals surface area contributed by atoms with Crippen molar-refractivity contribution < 1.29 is 24.2 Å². The summed E-state index contributed by atoms with van der Waals surface area (Å²) in [6.07, 6.45) is 6.44. The van der Waals surface area contributed by atoms with E-state index >= 15 is 0 Å². The summed E-state index contributed by atoms with van der Waals surface area (Å²) in [6.45, 7) is 9.79. The molecule has 0 spiro atoms. The van der Waals surface area contributed by atoms with Crippen LogP contribution in [0.5, 0.6) is 0 Å². The fourth-order valence-corrected chi connectivity index (χ4v) is 4.26. The molecule has 2 N–H and O–H groups in total. The Morgan fingerprint density at radius 3 is 2.50 bits per heavy atom. The average Bonchev–Trinajstić information content (AvgIpc) is 3.32. The molecular formula is C27H38N2O5. The van der Waals surface area contributed by atoms with Gasteiger partial charge in [0.1, 0.15) is 6.61 Å². The Morgan fingerprint density at radius 1 is 1.18 bits per heavy atom. The van der Waals surface area contributed by atoms with Crippen LogP contribution < -0.4 is 5.32 Å². The third-order valence-corrected chi connectivity index (χ3v) is 6.12. The monoisotopic (exact) mass is 470 g/mol. The van der Waals surface area contributed by atoms with Crippen LogP contribution in [0.25, 0.3) is 0 Å². The number of hydrogen-bond acceptors (Lipinski definition) is 5. The number of allylic oxidation sites excluding steroid dienone is 2. The zero-order valence-corrected chi connectivity index (χ0v) is 20.2. The molecule has 1 aliphatic rings. The number of aliphatic hydroxyl groups is 1. The first-order valence-electron chi connectivity index (χ1n) is 12.0. The molecule has 0 aromatic heterocycles. The molecule has 7 heteroatoms. The second-order valence-corrected chi connectivity index (χ2v) is 8.94. The number of carbonyl (C=O) groups excluding carboxylic acids is 3. The van der Waals surface area contributed by atoms with Gasteiger partial charge in [0, 0.05) is 13.0 Å². The van der Waals surface area contributed by atoms with E-state index in [2.05, 4.69) is 18.5 Å². The van der Waals surface area contributed by atoms with Gasteiger partial charge in [-0.2, -0.15) is 0 Å². The highest BCUT2D eigenvalue weighted by Crippen LogP contribution is 2.21. The molecule has 0 saturated carbocycles. The molecule has 0 bridgehead atoms. The van der Waals surface area contributed by atoms with Crippen LogP contribution in [0.4, 0.5) is 0 Å². The molecule has 1 saturated heterocycles. The summed E-state index contributed by atoms with van der Waals surface area (Å²) in [5.74, 6) is -1.63. The van der Waals surface area contributed by atoms with Gasteiger partial charge in [0.15, 0.2) is 0 Å². The molecule has 1 aliphatic heterocycles. The summed E-state index contributed by atoms with van der Waals surface area (Å²) < 4.78 is 5.50. The number of nitrogens with zero attached hydrogens (tertiary/aromatic N) is 1. The smallest absolute Gasteiger partial charge is 0.309 e. The summed E-state index contributed by atoms with van der Waals surface area (Å²) in [4.78, 5) is 39.9. The first-order valence-corrected chi connectivity index (χ1v) is 12.0. The van der Waals surface area contributed by atoms with Crippen LogP contribution in [0, 0.1) is 11.8 Å². The number of rotatable bonds is 14. The zero-order valence-electron chi connectivity index (χ0n) is 20.2. The number of benzene rings is 1. The number of aliphatic hydroxyl groups excluding tert-OH is 1. The normalized spacial score (nSPS) is 17.9. The van der Waals surface area contributed by atoms with Crippen molar-refractivity contribution >= 4 is 17.8 Å². The first kappa shape index (κ1) is 27.3. The minimum Gasteiger partial charge on any atom is -0.463 e. The van der Waals surface area contributed by atoms with Crippen molar-refractivity contribution in [1.82, 2.24) is 10.2 Å². The lowest BCUT2D eigenvalue weighted by Gasteiger charge is -2.26. The van der Waals surface area contributed by atoms with Gasteiger partial charge < -0.3 is 20.1 Å². The molecule has 2 rings (SSSR count). The lowest BCUT2D eigenvalue weighted by Crippen LogP contribution is -2.43. The highest BCUT2D eigenvalue weighted by Gasteiger charge is 2.31. The van der Waals surface area contributed by atoms with Gasteiger partial charge in [-0.05, 0) is 44.6 Å². The zero-order chi connectivity index (χ0) is 24.9. The molecule has 1 aromatic carbocycles. The van der Waals surface area contributed by atoms with Crippen LogP contribution in [0.1, 0.15) is 44.6 Å². The minimum atomic E-state index is -0.560. The SMILES string of the molecule is C=CCC(CC(=O)N1CCCC1CO)C(=O)NC(C)COC(=O)C(CC=C)Cc1ccccc1. The Morgan fingerprint density at radius 2 is 1.85 bits per heavy atom. The van der Waals surface area contributed by atoms with Gasteiger partial charge in [-0.15, -0.1) is 13.2 Å². The highest BCUT2D eigenvalue weighted by molar-refractivity contribution is 5.86. The Hall–Kier alpha value is -2.93. The number of carbonyl (C=O) groups is 3. The summed E-state index contributed by atoms with van der Waals surface area (Å²) in [5.41, 5.74) is 1.05. The lowest BCUT2D eigenvalue weighted by molar-refractivity contribution is -0.149. The average molecular weight is 471 g/mol. The van der Waals surface area contributed by atoms with Gasteiger partial charge >= 0.3 is 5.97 Å². The van der Waals surface area contributed by atoms with E-state index in [1.807, 2.05) is 30.3 Å². The van der Waals surface area contributed by atoms with Gasteiger partial charge in [0.05, 0.1) is 30.5 Å². The molecule has 4 atom stereocenters. The van der Waals surface area contributed by atoms with Crippen molar-refractivity contribution in [2.75, 3.05) is 19.8 Å². The fraction of sp³-hybridized carbons (Fsp3) is 0.519. The summed E-state index contributed by atoms with van der Waals surface area (Å²) in [7, 11) is 0. The Kier molecular flexibility index (Phi) is 11.5. The number of esters is 1. The van der Waals surface area contributed by atoms with E-state index in [0.29, 0.717) is 25.8 Å². The predicted octanol–water partition coefficient (Wildman–Crippen LogP) is 3.04. The molecule has 186 valence electrons. The standard InChI is InChI=1S/C27H38N2O5/c1-4-10-22(17-25(31)29-15-9-14-24(29)18-30)26(32)28-20(3)19-34-27(33)23(11-5-2)16-21-12-7-6-8-13-21/h4-8,12-13,20,22-24,30H,1-2,9-11,14-19H2,3H3,(H,28,32). The molecule has 0 aliphatic carbocycles. The van der Waals surface area contributed by atoms with Gasteiger partial charge in [-0.25, -0.2) is 0 Å². The maximum Gasteiger partial charge on any atom is 0.309 e. The molecule has 1 fully saturated rings. The second kappa shape index (κ2) is 14.4. The Balaban J connectivity index is 1.86. The summed E-state index contributed by atoms with van der Waals surface area (Å²) >= 11 is 0. The van der Waals surface area contributed by atoms with E-state index in [1.54, 1.807) is 24.0 Å². The van der Waals surface area contributed by atoms with Crippen molar-refractivity contribution in [2.45, 2.75) is 57.5 Å². The molecule has 4 unspecified atom stereocenters. The molecule has 2 amide bonds. The summed E-state index contributed by atoms with van der Waals surface area (Å²) in [5, 5.41) is 12.3. The van der Waals surface area contributed by atoms with E-state index in [4.69, 9.17) is 4.74 Å². The third kappa shape index (κ3) is 8.45. The van der Waals surface area contributed by atoms with Gasteiger partial charge in [-0.1, -0.05) is 42.5 Å². The van der Waals surface area contributed by atoms with E-state index in [1.165, 1.54) is 0 Å². The van der Waals surface area contributed by atoms with Crippen molar-refractivity contribution in [2.24, 2.45) is 11.8 Å². The van der Waals surface area contributed by atoms with Gasteiger partial charge in [-0.3, -0.25) is 14.4 Å². The molecule has 1 heterocycles. The highest BCUT2D eigenvalue weighted by atomic mass is 16.5. The number of amides is 2. The molecule has 34 heavy (non-hydrogen) atoms. The van der Waals surface area contributed by atoms with Crippen LogP contribution >= 0.6 is 0 Å². The van der Waals surface area contributed by atoms with Crippen LogP contribution in [0.2, 0.25) is 0 Å². The molecule has 7 nitrogen and oxygen atoms in total. The molecular weight excluding hydrogens is 432 g/mol. The van der Waals surface area contributed by atoms with E-state index in [0.717, 1.165) is 18.4 Å². The quantitative estimate of drug-likeness (QED) is 0.322. The number of ether oxygens (including phenoxy) is 1. The van der Waals surface area contributed by atoms with Crippen LogP contribution in [0.3, 0.4) is 0 Å². The fourth-order valence-electron chi connectivity index (χ4n) is 4.26. The second-order valence-electron chi connectivity index (χ2n) is 8.94. The number of nitrogens with one attached hydrogen (secondary N) is 1. The van der Waals surface area contributed by atoms with Crippen LogP contribution in [0.15, 0.2) is 55.6 Å².